The van der Waals surface area contributed by atoms with Crippen LogP contribution in [0.25, 0.3) is 22.3 Å². The first-order valence-electron chi connectivity index (χ1n) is 12.0. The molecule has 0 radical (unpaired) electrons. The molecule has 0 unspecified atom stereocenters. The average Bonchev–Trinajstić information content (AvgIpc) is 2.86. The van der Waals surface area contributed by atoms with Gasteiger partial charge in [0.15, 0.2) is 23.1 Å². The van der Waals surface area contributed by atoms with Gasteiger partial charge in [-0.3, -0.25) is 19.2 Å². The summed E-state index contributed by atoms with van der Waals surface area (Å²) in [6, 6.07) is 18.3. The van der Waals surface area contributed by atoms with E-state index in [9.17, 15) is 19.2 Å². The van der Waals surface area contributed by atoms with Crippen LogP contribution in [0.5, 0.6) is 0 Å². The van der Waals surface area contributed by atoms with Crippen LogP contribution in [0.3, 0.4) is 0 Å². The zero-order valence-corrected chi connectivity index (χ0v) is 21.3. The highest BCUT2D eigenvalue weighted by molar-refractivity contribution is 6.04. The maximum Gasteiger partial charge on any atom is 0.165 e. The molecule has 4 heteroatoms. The van der Waals surface area contributed by atoms with Crippen molar-refractivity contribution in [1.29, 1.82) is 0 Å². The lowest BCUT2D eigenvalue weighted by Crippen LogP contribution is -2.09. The van der Waals surface area contributed by atoms with Crippen LogP contribution in [0.1, 0.15) is 89.4 Å². The van der Waals surface area contributed by atoms with E-state index in [4.69, 9.17) is 0 Å². The summed E-state index contributed by atoms with van der Waals surface area (Å²) in [5.41, 5.74) is 5.42. The summed E-state index contributed by atoms with van der Waals surface area (Å²) >= 11 is 0. The number of carbonyl (C=O) groups is 4. The predicted octanol–water partition coefficient (Wildman–Crippen LogP) is 7.49. The van der Waals surface area contributed by atoms with Crippen molar-refractivity contribution in [2.45, 2.75) is 48.0 Å². The molecule has 0 bridgehead atoms. The second-order valence-electron chi connectivity index (χ2n) is 9.55. The van der Waals surface area contributed by atoms with Crippen molar-refractivity contribution in [2.75, 3.05) is 0 Å². The van der Waals surface area contributed by atoms with Crippen LogP contribution in [-0.2, 0) is 0 Å². The van der Waals surface area contributed by atoms with Gasteiger partial charge >= 0.3 is 0 Å². The van der Waals surface area contributed by atoms with Gasteiger partial charge in [-0.15, -0.1) is 0 Å². The van der Waals surface area contributed by atoms with Crippen molar-refractivity contribution in [1.82, 2.24) is 0 Å². The summed E-state index contributed by atoms with van der Waals surface area (Å²) in [4.78, 5) is 49.8. The molecule has 35 heavy (non-hydrogen) atoms. The van der Waals surface area contributed by atoms with Gasteiger partial charge in [0.25, 0.3) is 0 Å². The largest absolute Gasteiger partial charge is 0.295 e. The molecule has 0 amide bonds. The van der Waals surface area contributed by atoms with Crippen LogP contribution in [0, 0.1) is 11.8 Å². The van der Waals surface area contributed by atoms with E-state index in [1.54, 1.807) is 25.1 Å². The number of hydrogen-bond acceptors (Lipinski definition) is 4. The minimum atomic E-state index is -0.173. The van der Waals surface area contributed by atoms with Gasteiger partial charge in [-0.25, -0.2) is 0 Å². The normalized spacial score (nSPS) is 11.1. The summed E-state index contributed by atoms with van der Waals surface area (Å²) in [6.45, 7) is 10.7. The zero-order chi connectivity index (χ0) is 25.9. The topological polar surface area (TPSA) is 68.3 Å². The highest BCUT2D eigenvalue weighted by Crippen LogP contribution is 2.29. The molecule has 0 spiro atoms. The molecule has 0 aromatic heterocycles. The van der Waals surface area contributed by atoms with E-state index in [0.29, 0.717) is 28.7 Å². The van der Waals surface area contributed by atoms with Crippen molar-refractivity contribution < 1.29 is 19.2 Å². The lowest BCUT2D eigenvalue weighted by molar-refractivity contribution is 0.0931. The maximum absolute atomic E-state index is 12.7. The van der Waals surface area contributed by atoms with Gasteiger partial charge < -0.3 is 0 Å². The van der Waals surface area contributed by atoms with Crippen molar-refractivity contribution in [3.8, 4) is 22.3 Å². The van der Waals surface area contributed by atoms with Gasteiger partial charge in [0.1, 0.15) is 0 Å². The van der Waals surface area contributed by atoms with Crippen molar-refractivity contribution >= 4 is 23.1 Å². The predicted molar refractivity (Wildman–Crippen MR) is 140 cm³/mol. The van der Waals surface area contributed by atoms with Gasteiger partial charge in [0.2, 0.25) is 0 Å². The molecule has 180 valence electrons. The number of Topliss-reactive ketones (excluding diaryl/α,β-unsaturated/α-hetero) is 4. The maximum atomic E-state index is 12.7. The van der Waals surface area contributed by atoms with E-state index >= 15 is 0 Å². The third kappa shape index (κ3) is 5.89. The second-order valence-corrected chi connectivity index (χ2v) is 9.55. The van der Waals surface area contributed by atoms with E-state index in [1.807, 2.05) is 70.2 Å². The summed E-state index contributed by atoms with van der Waals surface area (Å²) in [5.74, 6) is -0.463. The Hall–Kier alpha value is -3.66. The van der Waals surface area contributed by atoms with E-state index in [2.05, 4.69) is 0 Å². The number of hydrogen-bond donors (Lipinski definition) is 0. The lowest BCUT2D eigenvalue weighted by atomic mass is 9.91. The van der Waals surface area contributed by atoms with Crippen LogP contribution < -0.4 is 0 Å². The average molecular weight is 469 g/mol. The van der Waals surface area contributed by atoms with Gasteiger partial charge in [0, 0.05) is 40.5 Å². The molecule has 0 N–H and O–H groups in total. The molecule has 0 fully saturated rings. The van der Waals surface area contributed by atoms with Gasteiger partial charge in [-0.05, 0) is 65.6 Å². The molecule has 0 heterocycles. The fourth-order valence-electron chi connectivity index (χ4n) is 3.96. The lowest BCUT2D eigenvalue weighted by Gasteiger charge is -2.12. The Morgan fingerprint density at radius 1 is 0.571 bits per heavy atom. The summed E-state index contributed by atoms with van der Waals surface area (Å²) < 4.78 is 0. The SMILES string of the molecule is CCC(=O)c1cc(C(=O)C(C)C)cc(-c2ccc(-c3cc(C(C)=O)cc(C(=O)C(C)C)c3)cc2)c1. The fraction of sp³-hybridized carbons (Fsp3) is 0.290. The molecule has 0 saturated heterocycles. The zero-order valence-electron chi connectivity index (χ0n) is 21.3. The van der Waals surface area contributed by atoms with Crippen molar-refractivity contribution in [3.05, 3.63) is 82.9 Å². The molecule has 0 saturated carbocycles. The van der Waals surface area contributed by atoms with Gasteiger partial charge in [-0.1, -0.05) is 58.9 Å². The molecule has 3 aromatic carbocycles. The van der Waals surface area contributed by atoms with E-state index in [0.717, 1.165) is 22.3 Å². The van der Waals surface area contributed by atoms with Gasteiger partial charge in [-0.2, -0.15) is 0 Å². The minimum Gasteiger partial charge on any atom is -0.295 e. The van der Waals surface area contributed by atoms with Crippen LogP contribution in [0.15, 0.2) is 60.7 Å². The number of ketones is 4. The smallest absolute Gasteiger partial charge is 0.165 e. The van der Waals surface area contributed by atoms with Crippen molar-refractivity contribution in [3.63, 3.8) is 0 Å². The molecule has 0 aliphatic carbocycles. The molecule has 3 aromatic rings. The number of rotatable bonds is 9. The highest BCUT2D eigenvalue weighted by Gasteiger charge is 2.17. The molecule has 3 rings (SSSR count). The summed E-state index contributed by atoms with van der Waals surface area (Å²) in [6.07, 6.45) is 0.363. The Morgan fingerprint density at radius 3 is 1.31 bits per heavy atom. The summed E-state index contributed by atoms with van der Waals surface area (Å²) in [7, 11) is 0. The molecular formula is C31H32O4. The number of benzene rings is 3. The molecule has 0 aliphatic rings. The standard InChI is InChI=1S/C31H32O4/c1-7-29(33)26-14-25(16-28(17-26)31(35)19(4)5)22-10-8-21(9-11-22)24-12-23(20(6)32)13-27(15-24)30(34)18(2)3/h8-19H,7H2,1-6H3. The monoisotopic (exact) mass is 468 g/mol. The molecular weight excluding hydrogens is 436 g/mol. The molecule has 0 atom stereocenters. The van der Waals surface area contributed by atoms with Crippen LogP contribution in [-0.4, -0.2) is 23.1 Å². The third-order valence-electron chi connectivity index (χ3n) is 6.08. The highest BCUT2D eigenvalue weighted by atomic mass is 16.1. The minimum absolute atomic E-state index is 0.00276. The van der Waals surface area contributed by atoms with Gasteiger partial charge in [0.05, 0.1) is 0 Å². The Kier molecular flexibility index (Phi) is 7.96. The fourth-order valence-corrected chi connectivity index (χ4v) is 3.96. The quantitative estimate of drug-likeness (QED) is 0.305. The summed E-state index contributed by atoms with van der Waals surface area (Å²) in [5, 5.41) is 0. The van der Waals surface area contributed by atoms with Crippen molar-refractivity contribution in [2.24, 2.45) is 11.8 Å². The second kappa shape index (κ2) is 10.7. The Balaban J connectivity index is 2.07. The number of carbonyl (C=O) groups excluding carboxylic acids is 4. The van der Waals surface area contributed by atoms with Crippen LogP contribution in [0.4, 0.5) is 0 Å². The van der Waals surface area contributed by atoms with E-state index in [1.165, 1.54) is 6.92 Å². The van der Waals surface area contributed by atoms with Crippen LogP contribution in [0.2, 0.25) is 0 Å². The first-order chi connectivity index (χ1) is 16.5. The first-order valence-corrected chi connectivity index (χ1v) is 12.0. The third-order valence-corrected chi connectivity index (χ3v) is 6.08. The van der Waals surface area contributed by atoms with E-state index < -0.39 is 0 Å². The Bertz CT molecular complexity index is 1290. The first kappa shape index (κ1) is 26.0. The van der Waals surface area contributed by atoms with E-state index in [-0.39, 0.29) is 35.0 Å². The molecule has 0 aliphatic heterocycles. The Labute approximate surface area is 207 Å². The van der Waals surface area contributed by atoms with Crippen LogP contribution >= 0.6 is 0 Å². The Morgan fingerprint density at radius 2 is 0.943 bits per heavy atom. The molecule has 4 nitrogen and oxygen atoms in total.